The largest absolute Gasteiger partial charge is 0.394 e. The number of aliphatic hydroxyl groups excluding tert-OH is 1. The number of halogens is 3. The molecule has 2 aromatic heterocycles. The molecule has 37 heavy (non-hydrogen) atoms. The number of carbonyl (C=O) groups excluding carboxylic acids is 1. The summed E-state index contributed by atoms with van der Waals surface area (Å²) in [5.41, 5.74) is 5.79. The molecule has 1 aliphatic carbocycles. The van der Waals surface area contributed by atoms with Gasteiger partial charge in [0.1, 0.15) is 17.0 Å². The number of hydrogen-bond acceptors (Lipinski definition) is 8. The molecule has 1 amide bonds. The number of imidazole rings is 1. The van der Waals surface area contributed by atoms with Crippen LogP contribution in [0.1, 0.15) is 44.6 Å². The normalized spacial score (nSPS) is 24.2. The topological polar surface area (TPSA) is 140 Å². The molecule has 2 fully saturated rings. The first-order valence-corrected chi connectivity index (χ1v) is 12.3. The van der Waals surface area contributed by atoms with E-state index in [-0.39, 0.29) is 42.6 Å². The molecule has 1 saturated carbocycles. The van der Waals surface area contributed by atoms with E-state index in [1.54, 1.807) is 4.57 Å². The molecule has 0 spiro atoms. The minimum Gasteiger partial charge on any atom is -0.394 e. The average molecular weight is 520 g/mol. The molecule has 0 bridgehead atoms. The van der Waals surface area contributed by atoms with Crippen LogP contribution in [0.25, 0.3) is 11.2 Å². The summed E-state index contributed by atoms with van der Waals surface area (Å²) in [6.07, 6.45) is 4.81. The fourth-order valence-corrected chi connectivity index (χ4v) is 5.11. The number of primary amides is 1. The highest BCUT2D eigenvalue weighted by Crippen LogP contribution is 2.37. The van der Waals surface area contributed by atoms with Gasteiger partial charge in [-0.05, 0) is 38.5 Å². The fraction of sp³-hybridized carbons (Fsp3) is 0.500. The van der Waals surface area contributed by atoms with Crippen molar-refractivity contribution in [2.24, 2.45) is 11.7 Å². The van der Waals surface area contributed by atoms with Gasteiger partial charge in [0.15, 0.2) is 17.3 Å². The lowest BCUT2D eigenvalue weighted by molar-refractivity contribution is -0.122. The number of ether oxygens (including phenoxy) is 1. The molecular weight excluding hydrogens is 491 g/mol. The highest BCUT2D eigenvalue weighted by molar-refractivity contribution is 5.78. The Morgan fingerprint density at radius 3 is 2.54 bits per heavy atom. The molecule has 1 saturated heterocycles. The minimum absolute atomic E-state index is 0.00858. The van der Waals surface area contributed by atoms with E-state index in [9.17, 15) is 23.1 Å². The molecule has 10 nitrogen and oxygen atoms in total. The van der Waals surface area contributed by atoms with Crippen LogP contribution in [0.3, 0.4) is 0 Å². The van der Waals surface area contributed by atoms with E-state index >= 15 is 0 Å². The standard InChI is InChI=1S/C24H28F3N7O3/c25-13-7-17(26)20(18(27)8-13)32-24-31-19-10-29-23(30-14-5-6-37-16(9-14)11-35)33-22(19)34(24)15-3-1-12(2-4-15)21(28)36/h7-8,10,12,14-16,35H,1-6,9,11H2,(H2,28,36)(H,31,32)(H,29,30,33)/t12?,14?,15?,16-/m0/s1. The summed E-state index contributed by atoms with van der Waals surface area (Å²) in [6, 6.07) is 0.988. The lowest BCUT2D eigenvalue weighted by Gasteiger charge is -2.29. The minimum atomic E-state index is -1.10. The first kappa shape index (κ1) is 25.2. The maximum atomic E-state index is 14.5. The number of rotatable bonds is 7. The van der Waals surface area contributed by atoms with Crippen LogP contribution < -0.4 is 16.4 Å². The van der Waals surface area contributed by atoms with Gasteiger partial charge in [-0.1, -0.05) is 0 Å². The second kappa shape index (κ2) is 10.5. The number of nitrogens with one attached hydrogen (secondary N) is 2. The molecule has 5 rings (SSSR count). The van der Waals surface area contributed by atoms with Gasteiger partial charge in [-0.25, -0.2) is 23.1 Å². The van der Waals surface area contributed by atoms with E-state index < -0.39 is 23.1 Å². The van der Waals surface area contributed by atoms with Crippen molar-refractivity contribution in [3.63, 3.8) is 0 Å². The van der Waals surface area contributed by atoms with Gasteiger partial charge in [-0.2, -0.15) is 4.98 Å². The number of carbonyl (C=O) groups is 1. The predicted octanol–water partition coefficient (Wildman–Crippen LogP) is 3.16. The zero-order chi connectivity index (χ0) is 26.1. The van der Waals surface area contributed by atoms with E-state index in [2.05, 4.69) is 25.6 Å². The monoisotopic (exact) mass is 519 g/mol. The quantitative estimate of drug-likeness (QED) is 0.373. The van der Waals surface area contributed by atoms with Gasteiger partial charge < -0.3 is 26.2 Å². The van der Waals surface area contributed by atoms with Crippen LogP contribution >= 0.6 is 0 Å². The first-order valence-electron chi connectivity index (χ1n) is 12.3. The number of aliphatic hydroxyl groups is 1. The molecular formula is C24H28F3N7O3. The lowest BCUT2D eigenvalue weighted by atomic mass is 9.85. The van der Waals surface area contributed by atoms with Gasteiger partial charge in [-0.15, -0.1) is 0 Å². The van der Waals surface area contributed by atoms with Gasteiger partial charge in [0, 0.05) is 36.7 Å². The Morgan fingerprint density at radius 2 is 1.86 bits per heavy atom. The number of fused-ring (bicyclic) bond motifs is 1. The Morgan fingerprint density at radius 1 is 1.14 bits per heavy atom. The molecule has 2 atom stereocenters. The summed E-state index contributed by atoms with van der Waals surface area (Å²) in [5.74, 6) is -3.35. The third-order valence-corrected chi connectivity index (χ3v) is 7.04. The summed E-state index contributed by atoms with van der Waals surface area (Å²) in [7, 11) is 0. The van der Waals surface area contributed by atoms with Gasteiger partial charge in [0.25, 0.3) is 0 Å². The molecule has 3 heterocycles. The maximum Gasteiger partial charge on any atom is 0.224 e. The van der Waals surface area contributed by atoms with E-state index in [4.69, 9.17) is 10.5 Å². The van der Waals surface area contributed by atoms with Crippen molar-refractivity contribution in [2.75, 3.05) is 23.8 Å². The van der Waals surface area contributed by atoms with Crippen molar-refractivity contribution in [3.8, 4) is 0 Å². The molecule has 198 valence electrons. The smallest absolute Gasteiger partial charge is 0.224 e. The van der Waals surface area contributed by atoms with Crippen LogP contribution in [0.15, 0.2) is 18.3 Å². The molecule has 1 unspecified atom stereocenters. The Hall–Kier alpha value is -3.45. The number of nitrogens with zero attached hydrogens (tertiary/aromatic N) is 4. The third-order valence-electron chi connectivity index (χ3n) is 7.04. The SMILES string of the molecule is NC(=O)C1CCC(n2c(Nc3c(F)cc(F)cc3F)nc3cnc(NC4CCO[C@H](CO)C4)nc32)CC1. The lowest BCUT2D eigenvalue weighted by Crippen LogP contribution is -2.36. The Balaban J connectivity index is 1.50. The maximum absolute atomic E-state index is 14.5. The number of nitrogens with two attached hydrogens (primary N) is 1. The van der Waals surface area contributed by atoms with E-state index in [1.165, 1.54) is 6.20 Å². The van der Waals surface area contributed by atoms with Crippen molar-refractivity contribution in [1.82, 2.24) is 19.5 Å². The Bertz CT molecular complexity index is 1270. The van der Waals surface area contributed by atoms with E-state index in [0.29, 0.717) is 74.4 Å². The van der Waals surface area contributed by atoms with Crippen LogP contribution in [0.5, 0.6) is 0 Å². The number of anilines is 3. The molecule has 5 N–H and O–H groups in total. The van der Waals surface area contributed by atoms with Crippen molar-refractivity contribution in [3.05, 3.63) is 35.8 Å². The van der Waals surface area contributed by atoms with Gasteiger partial charge in [0.05, 0.1) is 18.9 Å². The highest BCUT2D eigenvalue weighted by atomic mass is 19.1. The zero-order valence-electron chi connectivity index (χ0n) is 20.0. The van der Waals surface area contributed by atoms with E-state index in [0.717, 1.165) is 0 Å². The average Bonchev–Trinajstić information content (AvgIpc) is 3.23. The summed E-state index contributed by atoms with van der Waals surface area (Å²) in [6.45, 7) is 0.416. The fourth-order valence-electron chi connectivity index (χ4n) is 5.11. The molecule has 2 aliphatic rings. The van der Waals surface area contributed by atoms with Crippen LogP contribution in [-0.4, -0.2) is 55.9 Å². The summed E-state index contributed by atoms with van der Waals surface area (Å²) < 4.78 is 49.6. The molecule has 1 aliphatic heterocycles. The van der Waals surface area contributed by atoms with Crippen molar-refractivity contribution in [1.29, 1.82) is 0 Å². The number of aromatic nitrogens is 4. The van der Waals surface area contributed by atoms with Crippen molar-refractivity contribution < 1.29 is 27.8 Å². The van der Waals surface area contributed by atoms with Gasteiger partial charge in [-0.3, -0.25) is 9.36 Å². The highest BCUT2D eigenvalue weighted by Gasteiger charge is 2.30. The van der Waals surface area contributed by atoms with Crippen LogP contribution in [0, 0.1) is 23.4 Å². The molecule has 1 aromatic carbocycles. The van der Waals surface area contributed by atoms with Crippen LogP contribution in [0.2, 0.25) is 0 Å². The van der Waals surface area contributed by atoms with Gasteiger partial charge >= 0.3 is 0 Å². The number of hydrogen-bond donors (Lipinski definition) is 4. The molecule has 13 heteroatoms. The zero-order valence-corrected chi connectivity index (χ0v) is 20.0. The van der Waals surface area contributed by atoms with Crippen LogP contribution in [0.4, 0.5) is 30.8 Å². The third kappa shape index (κ3) is 5.32. The molecule has 0 radical (unpaired) electrons. The van der Waals surface area contributed by atoms with E-state index in [1.807, 2.05) is 0 Å². The predicted molar refractivity (Wildman–Crippen MR) is 129 cm³/mol. The Labute approximate surface area is 210 Å². The number of amides is 1. The van der Waals surface area contributed by atoms with Gasteiger partial charge in [0.2, 0.25) is 17.8 Å². The first-order chi connectivity index (χ1) is 17.8. The Kier molecular flexibility index (Phi) is 7.15. The summed E-state index contributed by atoms with van der Waals surface area (Å²) in [4.78, 5) is 25.2. The van der Waals surface area contributed by atoms with Crippen LogP contribution in [-0.2, 0) is 9.53 Å². The second-order valence-electron chi connectivity index (χ2n) is 9.53. The molecule has 3 aromatic rings. The second-order valence-corrected chi connectivity index (χ2v) is 9.53. The van der Waals surface area contributed by atoms with Crippen molar-refractivity contribution in [2.45, 2.75) is 56.7 Å². The number of benzene rings is 1. The van der Waals surface area contributed by atoms with Crippen molar-refractivity contribution >= 4 is 34.7 Å². The summed E-state index contributed by atoms with van der Waals surface area (Å²) >= 11 is 0. The summed E-state index contributed by atoms with van der Waals surface area (Å²) in [5, 5.41) is 15.4.